The first-order valence-electron chi connectivity index (χ1n) is 6.91. The normalized spacial score (nSPS) is 16.1. The molecule has 0 bridgehead atoms. The first-order chi connectivity index (χ1) is 10.3. The number of ether oxygens (including phenoxy) is 1. The van der Waals surface area contributed by atoms with Crippen LogP contribution in [0.15, 0.2) is 42.5 Å². The number of hydrogen-bond acceptors (Lipinski definition) is 3. The first-order valence-corrected chi connectivity index (χ1v) is 6.91. The number of fused-ring (bicyclic) bond motifs is 1. The largest absolute Gasteiger partial charge is 0.479 e. The summed E-state index contributed by atoms with van der Waals surface area (Å²) in [4.78, 5) is 0. The van der Waals surface area contributed by atoms with Crippen LogP contribution in [-0.4, -0.2) is 6.61 Å². The van der Waals surface area contributed by atoms with Gasteiger partial charge in [-0.15, -0.1) is 0 Å². The lowest BCUT2D eigenvalue weighted by Crippen LogP contribution is -2.07. The van der Waals surface area contributed by atoms with Crippen LogP contribution in [0.2, 0.25) is 0 Å². The average Bonchev–Trinajstić information content (AvgIpc) is 2.91. The van der Waals surface area contributed by atoms with Crippen molar-refractivity contribution >= 4 is 5.69 Å². The molecule has 1 aliphatic rings. The van der Waals surface area contributed by atoms with Crippen LogP contribution in [0.4, 0.5) is 10.1 Å². The summed E-state index contributed by atoms with van der Waals surface area (Å²) in [5.41, 5.74) is 2.82. The minimum Gasteiger partial charge on any atom is -0.479 e. The van der Waals surface area contributed by atoms with Crippen molar-refractivity contribution in [3.8, 4) is 11.8 Å². The van der Waals surface area contributed by atoms with Gasteiger partial charge in [0.1, 0.15) is 17.6 Å². The Morgan fingerprint density at radius 1 is 1.24 bits per heavy atom. The van der Waals surface area contributed by atoms with Crippen LogP contribution in [0.3, 0.4) is 0 Å². The lowest BCUT2D eigenvalue weighted by Gasteiger charge is -2.16. The highest BCUT2D eigenvalue weighted by Gasteiger charge is 2.24. The van der Waals surface area contributed by atoms with Crippen LogP contribution in [0.1, 0.15) is 23.6 Å². The van der Waals surface area contributed by atoms with Gasteiger partial charge in [0.05, 0.1) is 6.04 Å². The van der Waals surface area contributed by atoms with Gasteiger partial charge in [0.2, 0.25) is 0 Å². The molecule has 0 saturated heterocycles. The number of nitrogens with one attached hydrogen (secondary N) is 1. The molecular weight excluding hydrogens is 267 g/mol. The van der Waals surface area contributed by atoms with E-state index in [2.05, 4.69) is 5.32 Å². The number of hydrogen-bond donors (Lipinski definition) is 1. The fourth-order valence-electron chi connectivity index (χ4n) is 2.72. The maximum Gasteiger partial charge on any atom is 0.174 e. The molecule has 0 aliphatic heterocycles. The number of anilines is 1. The summed E-state index contributed by atoms with van der Waals surface area (Å²) in [5, 5.41) is 11.9. The van der Waals surface area contributed by atoms with Gasteiger partial charge in [0.25, 0.3) is 0 Å². The third-order valence-corrected chi connectivity index (χ3v) is 3.71. The van der Waals surface area contributed by atoms with E-state index in [4.69, 9.17) is 10.00 Å². The smallest absolute Gasteiger partial charge is 0.174 e. The average molecular weight is 282 g/mol. The molecule has 0 saturated carbocycles. The molecule has 0 aromatic heterocycles. The standard InChI is InChI=1S/C17H15FN2O/c18-16-3-1-2-15-14(16)8-9-17(15)20-12-4-6-13(7-5-12)21-11-10-19/h1-7,17,20H,8-9,11H2. The number of benzene rings is 2. The SMILES string of the molecule is N#CCOc1ccc(NC2CCc3c(F)cccc32)cc1. The van der Waals surface area contributed by atoms with E-state index >= 15 is 0 Å². The molecular formula is C17H15FN2O. The van der Waals surface area contributed by atoms with Gasteiger partial charge in [-0.3, -0.25) is 0 Å². The van der Waals surface area contributed by atoms with Crippen LogP contribution in [0, 0.1) is 17.1 Å². The molecule has 1 unspecified atom stereocenters. The summed E-state index contributed by atoms with van der Waals surface area (Å²) < 4.78 is 18.9. The van der Waals surface area contributed by atoms with Gasteiger partial charge in [-0.2, -0.15) is 5.26 Å². The Labute approximate surface area is 123 Å². The molecule has 2 aromatic rings. The Morgan fingerprint density at radius 2 is 2.05 bits per heavy atom. The van der Waals surface area contributed by atoms with E-state index in [1.165, 1.54) is 6.07 Å². The van der Waals surface area contributed by atoms with E-state index in [1.54, 1.807) is 6.07 Å². The second-order valence-corrected chi connectivity index (χ2v) is 5.01. The summed E-state index contributed by atoms with van der Waals surface area (Å²) in [6.07, 6.45) is 1.66. The van der Waals surface area contributed by atoms with Crippen LogP contribution in [-0.2, 0) is 6.42 Å². The van der Waals surface area contributed by atoms with Crippen molar-refractivity contribution in [1.82, 2.24) is 0 Å². The highest BCUT2D eigenvalue weighted by Crippen LogP contribution is 2.35. The maximum atomic E-state index is 13.7. The molecule has 1 atom stereocenters. The summed E-state index contributed by atoms with van der Waals surface area (Å²) in [5.74, 6) is 0.553. The van der Waals surface area contributed by atoms with Gasteiger partial charge in [-0.25, -0.2) is 4.39 Å². The van der Waals surface area contributed by atoms with Crippen molar-refractivity contribution in [3.63, 3.8) is 0 Å². The molecule has 0 heterocycles. The van der Waals surface area contributed by atoms with Gasteiger partial charge in [0.15, 0.2) is 6.61 Å². The fraction of sp³-hybridized carbons (Fsp3) is 0.235. The van der Waals surface area contributed by atoms with Crippen molar-refractivity contribution in [2.45, 2.75) is 18.9 Å². The molecule has 0 amide bonds. The van der Waals surface area contributed by atoms with E-state index in [9.17, 15) is 4.39 Å². The Bertz CT molecular complexity index is 676. The number of rotatable bonds is 4. The minimum atomic E-state index is -0.114. The Balaban J connectivity index is 1.71. The molecule has 1 N–H and O–H groups in total. The Morgan fingerprint density at radius 3 is 2.81 bits per heavy atom. The first kappa shape index (κ1) is 13.4. The third kappa shape index (κ3) is 2.82. The lowest BCUT2D eigenvalue weighted by molar-refractivity contribution is 0.368. The zero-order valence-electron chi connectivity index (χ0n) is 11.5. The zero-order chi connectivity index (χ0) is 14.7. The van der Waals surface area contributed by atoms with E-state index in [1.807, 2.05) is 36.4 Å². The van der Waals surface area contributed by atoms with Gasteiger partial charge in [-0.1, -0.05) is 12.1 Å². The summed E-state index contributed by atoms with van der Waals surface area (Å²) in [7, 11) is 0. The molecule has 21 heavy (non-hydrogen) atoms. The number of halogens is 1. The molecule has 0 spiro atoms. The molecule has 3 nitrogen and oxygen atoms in total. The van der Waals surface area contributed by atoms with Crippen molar-refractivity contribution in [3.05, 3.63) is 59.4 Å². The van der Waals surface area contributed by atoms with Crippen molar-refractivity contribution in [2.75, 3.05) is 11.9 Å². The van der Waals surface area contributed by atoms with Gasteiger partial charge in [0, 0.05) is 5.69 Å². The molecule has 4 heteroatoms. The summed E-state index contributed by atoms with van der Waals surface area (Å²) in [6, 6.07) is 14.8. The maximum absolute atomic E-state index is 13.7. The lowest BCUT2D eigenvalue weighted by atomic mass is 10.1. The second kappa shape index (κ2) is 5.84. The summed E-state index contributed by atoms with van der Waals surface area (Å²) in [6.45, 7) is 0.0437. The predicted molar refractivity (Wildman–Crippen MR) is 78.6 cm³/mol. The number of nitriles is 1. The highest BCUT2D eigenvalue weighted by molar-refractivity contribution is 5.50. The molecule has 106 valence electrons. The third-order valence-electron chi connectivity index (χ3n) is 3.71. The number of nitrogens with zero attached hydrogens (tertiary/aromatic N) is 1. The predicted octanol–water partition coefficient (Wildman–Crippen LogP) is 3.83. The van der Waals surface area contributed by atoms with Crippen LogP contribution < -0.4 is 10.1 Å². The van der Waals surface area contributed by atoms with E-state index in [0.29, 0.717) is 5.75 Å². The van der Waals surface area contributed by atoms with Crippen LogP contribution >= 0.6 is 0 Å². The quantitative estimate of drug-likeness (QED) is 0.927. The van der Waals surface area contributed by atoms with Crippen molar-refractivity contribution in [2.24, 2.45) is 0 Å². The fourth-order valence-corrected chi connectivity index (χ4v) is 2.72. The van der Waals surface area contributed by atoms with E-state index in [0.717, 1.165) is 29.7 Å². The van der Waals surface area contributed by atoms with Gasteiger partial charge < -0.3 is 10.1 Å². The molecule has 1 aliphatic carbocycles. The second-order valence-electron chi connectivity index (χ2n) is 5.01. The monoisotopic (exact) mass is 282 g/mol. The van der Waals surface area contributed by atoms with Crippen molar-refractivity contribution in [1.29, 1.82) is 5.26 Å². The van der Waals surface area contributed by atoms with Crippen molar-refractivity contribution < 1.29 is 9.13 Å². The van der Waals surface area contributed by atoms with Gasteiger partial charge >= 0.3 is 0 Å². The molecule has 0 fully saturated rings. The summed E-state index contributed by atoms with van der Waals surface area (Å²) >= 11 is 0. The topological polar surface area (TPSA) is 45.0 Å². The molecule has 0 radical (unpaired) electrons. The molecule has 2 aromatic carbocycles. The molecule has 3 rings (SSSR count). The highest BCUT2D eigenvalue weighted by atomic mass is 19.1. The van der Waals surface area contributed by atoms with Gasteiger partial charge in [-0.05, 0) is 54.3 Å². The Kier molecular flexibility index (Phi) is 3.74. The van der Waals surface area contributed by atoms with E-state index < -0.39 is 0 Å². The van der Waals surface area contributed by atoms with E-state index in [-0.39, 0.29) is 18.5 Å². The van der Waals surface area contributed by atoms with Crippen LogP contribution in [0.25, 0.3) is 0 Å². The Hall–Kier alpha value is -2.54. The zero-order valence-corrected chi connectivity index (χ0v) is 11.5. The minimum absolute atomic E-state index is 0.0437. The van der Waals surface area contributed by atoms with Crippen LogP contribution in [0.5, 0.6) is 5.75 Å².